The number of nitrogens with zero attached hydrogens (tertiary/aromatic N) is 2. The lowest BCUT2D eigenvalue weighted by Gasteiger charge is -2.19. The van der Waals surface area contributed by atoms with Crippen LogP contribution < -0.4 is 10.7 Å². The zero-order valence-corrected chi connectivity index (χ0v) is 9.14. The molecule has 0 saturated carbocycles. The Morgan fingerprint density at radius 2 is 2.20 bits per heavy atom. The largest absolute Gasteiger partial charge is 0.508 e. The second kappa shape index (κ2) is 5.36. The van der Waals surface area contributed by atoms with Crippen LogP contribution in [0.5, 0.6) is 5.75 Å². The van der Waals surface area contributed by atoms with Gasteiger partial charge in [-0.1, -0.05) is 6.07 Å². The van der Waals surface area contributed by atoms with E-state index < -0.39 is 0 Å². The number of nitrogens with two attached hydrogens (primary N) is 1. The lowest BCUT2D eigenvalue weighted by molar-refractivity contribution is 0.475. The molecule has 0 bridgehead atoms. The molecule has 1 aromatic carbocycles. The molecular weight excluding hydrogens is 190 g/mol. The van der Waals surface area contributed by atoms with Crippen molar-refractivity contribution in [1.82, 2.24) is 0 Å². The average Bonchev–Trinajstić information content (AvgIpc) is 2.16. The van der Waals surface area contributed by atoms with Crippen LogP contribution >= 0.6 is 0 Å². The minimum atomic E-state index is 0.235. The van der Waals surface area contributed by atoms with Crippen molar-refractivity contribution >= 4 is 11.4 Å². The average molecular weight is 207 g/mol. The molecule has 3 N–H and O–H groups in total. The summed E-state index contributed by atoms with van der Waals surface area (Å²) in [6.45, 7) is 5.00. The zero-order valence-electron chi connectivity index (χ0n) is 9.14. The Labute approximate surface area is 90.0 Å². The Kier molecular flexibility index (Phi) is 4.12. The van der Waals surface area contributed by atoms with Crippen LogP contribution in [0.3, 0.4) is 0 Å². The molecule has 0 aliphatic rings. The summed E-state index contributed by atoms with van der Waals surface area (Å²) in [7, 11) is 0. The summed E-state index contributed by atoms with van der Waals surface area (Å²) >= 11 is 0. The second-order valence-electron chi connectivity index (χ2n) is 3.48. The molecule has 0 saturated heterocycles. The molecule has 0 spiro atoms. The van der Waals surface area contributed by atoms with Gasteiger partial charge in [-0.2, -0.15) is 5.10 Å². The first-order valence-corrected chi connectivity index (χ1v) is 4.92. The number of phenolic OH excluding ortho intramolecular Hbond substituents is 1. The number of hydrazone groups is 1. The molecular formula is C11H17N3O. The molecule has 1 rings (SSSR count). The Balaban J connectivity index is 2.93. The van der Waals surface area contributed by atoms with Crippen molar-refractivity contribution in [3.05, 3.63) is 24.3 Å². The van der Waals surface area contributed by atoms with Gasteiger partial charge in [0.25, 0.3) is 0 Å². The molecule has 4 nitrogen and oxygen atoms in total. The van der Waals surface area contributed by atoms with Crippen LogP contribution in [0.4, 0.5) is 5.69 Å². The molecule has 4 heteroatoms. The van der Waals surface area contributed by atoms with E-state index >= 15 is 0 Å². The summed E-state index contributed by atoms with van der Waals surface area (Å²) < 4.78 is 0. The summed E-state index contributed by atoms with van der Waals surface area (Å²) in [4.78, 5) is 0. The van der Waals surface area contributed by atoms with Crippen LogP contribution in [0, 0.1) is 0 Å². The maximum Gasteiger partial charge on any atom is 0.117 e. The lowest BCUT2D eigenvalue weighted by atomic mass is 10.3. The maximum atomic E-state index is 9.36. The number of anilines is 1. The summed E-state index contributed by atoms with van der Waals surface area (Å²) in [5.74, 6) is 0.235. The third-order valence-electron chi connectivity index (χ3n) is 1.79. The SMILES string of the molecule is CC(C)=NN(CCN)c1cccc(O)c1. The molecule has 1 aromatic rings. The fraction of sp³-hybridized carbons (Fsp3) is 0.364. The van der Waals surface area contributed by atoms with Crippen LogP contribution in [0.2, 0.25) is 0 Å². The fourth-order valence-corrected chi connectivity index (χ4v) is 1.25. The molecule has 0 heterocycles. The molecule has 0 aliphatic carbocycles. The number of benzene rings is 1. The smallest absolute Gasteiger partial charge is 0.117 e. The van der Waals surface area contributed by atoms with Crippen molar-refractivity contribution in [2.24, 2.45) is 10.8 Å². The van der Waals surface area contributed by atoms with E-state index in [0.29, 0.717) is 13.1 Å². The third kappa shape index (κ3) is 3.59. The molecule has 0 radical (unpaired) electrons. The van der Waals surface area contributed by atoms with Crippen molar-refractivity contribution < 1.29 is 5.11 Å². The highest BCUT2D eigenvalue weighted by atomic mass is 16.3. The highest BCUT2D eigenvalue weighted by Gasteiger charge is 2.04. The van der Waals surface area contributed by atoms with E-state index in [1.54, 1.807) is 23.2 Å². The Hall–Kier alpha value is -1.55. The van der Waals surface area contributed by atoms with E-state index in [2.05, 4.69) is 5.10 Å². The Bertz CT molecular complexity index is 345. The molecule has 82 valence electrons. The molecule has 0 amide bonds. The number of hydrogen-bond donors (Lipinski definition) is 2. The second-order valence-corrected chi connectivity index (χ2v) is 3.48. The minimum absolute atomic E-state index is 0.235. The van der Waals surface area contributed by atoms with Gasteiger partial charge < -0.3 is 10.8 Å². The number of hydrogen-bond acceptors (Lipinski definition) is 4. The van der Waals surface area contributed by atoms with Crippen molar-refractivity contribution in [2.75, 3.05) is 18.1 Å². The van der Waals surface area contributed by atoms with Gasteiger partial charge in [0, 0.05) is 18.3 Å². The predicted molar refractivity (Wildman–Crippen MR) is 63.3 cm³/mol. The lowest BCUT2D eigenvalue weighted by Crippen LogP contribution is -2.25. The first-order chi connectivity index (χ1) is 7.13. The van der Waals surface area contributed by atoms with Gasteiger partial charge >= 0.3 is 0 Å². The Morgan fingerprint density at radius 3 is 2.73 bits per heavy atom. The van der Waals surface area contributed by atoms with Crippen LogP contribution in [0.1, 0.15) is 13.8 Å². The van der Waals surface area contributed by atoms with Gasteiger partial charge in [-0.05, 0) is 26.0 Å². The summed E-state index contributed by atoms with van der Waals surface area (Å²) in [5, 5.41) is 15.5. The molecule has 0 fully saturated rings. The monoisotopic (exact) mass is 207 g/mol. The van der Waals surface area contributed by atoms with Crippen molar-refractivity contribution in [1.29, 1.82) is 0 Å². The molecule has 15 heavy (non-hydrogen) atoms. The van der Waals surface area contributed by atoms with E-state index in [1.165, 1.54) is 0 Å². The number of rotatable bonds is 4. The highest BCUT2D eigenvalue weighted by molar-refractivity contribution is 5.80. The van der Waals surface area contributed by atoms with Crippen molar-refractivity contribution in [3.8, 4) is 5.75 Å². The van der Waals surface area contributed by atoms with E-state index in [4.69, 9.17) is 5.73 Å². The molecule has 0 atom stereocenters. The first kappa shape index (κ1) is 11.5. The van der Waals surface area contributed by atoms with Gasteiger partial charge in [-0.15, -0.1) is 0 Å². The van der Waals surface area contributed by atoms with Gasteiger partial charge in [0.2, 0.25) is 0 Å². The van der Waals surface area contributed by atoms with E-state index in [1.807, 2.05) is 19.9 Å². The maximum absolute atomic E-state index is 9.36. The summed E-state index contributed by atoms with van der Waals surface area (Å²) in [6, 6.07) is 6.98. The normalized spacial score (nSPS) is 9.80. The van der Waals surface area contributed by atoms with Crippen molar-refractivity contribution in [3.63, 3.8) is 0 Å². The number of phenols is 1. The predicted octanol–water partition coefficient (Wildman–Crippen LogP) is 1.55. The summed E-state index contributed by atoms with van der Waals surface area (Å²) in [5.41, 5.74) is 7.31. The van der Waals surface area contributed by atoms with Gasteiger partial charge in [0.1, 0.15) is 5.75 Å². The van der Waals surface area contributed by atoms with Crippen LogP contribution in [0.15, 0.2) is 29.4 Å². The van der Waals surface area contributed by atoms with E-state index in [9.17, 15) is 5.11 Å². The first-order valence-electron chi connectivity index (χ1n) is 4.92. The van der Waals surface area contributed by atoms with Gasteiger partial charge in [0.15, 0.2) is 0 Å². The van der Waals surface area contributed by atoms with Crippen LogP contribution in [-0.4, -0.2) is 23.9 Å². The molecule has 0 aromatic heterocycles. The van der Waals surface area contributed by atoms with Gasteiger partial charge in [-0.25, -0.2) is 0 Å². The molecule has 0 aliphatic heterocycles. The topological polar surface area (TPSA) is 61.8 Å². The fourth-order valence-electron chi connectivity index (χ4n) is 1.25. The van der Waals surface area contributed by atoms with Crippen LogP contribution in [0.25, 0.3) is 0 Å². The minimum Gasteiger partial charge on any atom is -0.508 e. The molecule has 0 unspecified atom stereocenters. The van der Waals surface area contributed by atoms with Gasteiger partial charge in [-0.3, -0.25) is 5.01 Å². The van der Waals surface area contributed by atoms with Gasteiger partial charge in [0.05, 0.1) is 12.2 Å². The van der Waals surface area contributed by atoms with Crippen molar-refractivity contribution in [2.45, 2.75) is 13.8 Å². The summed E-state index contributed by atoms with van der Waals surface area (Å²) in [6.07, 6.45) is 0. The number of aromatic hydroxyl groups is 1. The highest BCUT2D eigenvalue weighted by Crippen LogP contribution is 2.20. The quantitative estimate of drug-likeness (QED) is 0.581. The van der Waals surface area contributed by atoms with Crippen LogP contribution in [-0.2, 0) is 0 Å². The standard InChI is InChI=1S/C11H17N3O/c1-9(2)13-14(7-6-12)10-4-3-5-11(15)8-10/h3-5,8,15H,6-7,12H2,1-2H3. The third-order valence-corrected chi connectivity index (χ3v) is 1.79. The Morgan fingerprint density at radius 1 is 1.47 bits per heavy atom. The van der Waals surface area contributed by atoms with E-state index in [-0.39, 0.29) is 5.75 Å². The zero-order chi connectivity index (χ0) is 11.3. The van der Waals surface area contributed by atoms with E-state index in [0.717, 1.165) is 11.4 Å².